The molecule has 43 heavy (non-hydrogen) atoms. The van der Waals surface area contributed by atoms with Crippen LogP contribution in [0.5, 0.6) is 0 Å². The van der Waals surface area contributed by atoms with E-state index in [1.54, 1.807) is 53.6 Å². The van der Waals surface area contributed by atoms with Gasteiger partial charge in [-0.1, -0.05) is 0 Å². The lowest BCUT2D eigenvalue weighted by atomic mass is 9.98. The fourth-order valence-corrected chi connectivity index (χ4v) is 4.16. The molecule has 5 aromatic rings. The first-order valence-electron chi connectivity index (χ1n) is 12.2. The lowest BCUT2D eigenvalue weighted by Gasteiger charge is -2.14. The number of benzene rings is 2. The Morgan fingerprint density at radius 1 is 0.465 bits per heavy atom. The Morgan fingerprint density at radius 3 is 1.16 bits per heavy atom. The first-order valence-corrected chi connectivity index (χ1v) is 12.2. The van der Waals surface area contributed by atoms with Crippen LogP contribution in [0.4, 0.5) is 43.6 Å². The second-order valence-corrected chi connectivity index (χ2v) is 8.94. The number of hydrogen-bond acceptors (Lipinski definition) is 2. The Bertz CT molecular complexity index is 1570. The van der Waals surface area contributed by atoms with E-state index in [9.17, 15) is 43.6 Å². The molecular formula is C29H18BF10N3. The predicted molar refractivity (Wildman–Crippen MR) is 140 cm³/mol. The number of hydrogen-bond donors (Lipinski definition) is 0. The van der Waals surface area contributed by atoms with Gasteiger partial charge in [-0.3, -0.25) is 9.97 Å². The number of rotatable bonds is 4. The van der Waals surface area contributed by atoms with Crippen LogP contribution >= 0.6 is 0 Å². The summed E-state index contributed by atoms with van der Waals surface area (Å²) in [5.41, 5.74) is 2.59. The Balaban J connectivity index is 0.000000782. The van der Waals surface area contributed by atoms with Crippen molar-refractivity contribution >= 4 is 7.25 Å². The molecular weight excluding hydrogens is 591 g/mol. The normalized spacial score (nSPS) is 12.0. The molecule has 5 rings (SSSR count). The van der Waals surface area contributed by atoms with E-state index in [1.165, 1.54) is 24.3 Å². The highest BCUT2D eigenvalue weighted by Gasteiger charge is 2.32. The largest absolute Gasteiger partial charge is 0.673 e. The van der Waals surface area contributed by atoms with Crippen LogP contribution in [0.3, 0.4) is 0 Å². The van der Waals surface area contributed by atoms with Crippen LogP contribution in [-0.4, -0.2) is 17.2 Å². The van der Waals surface area contributed by atoms with Crippen LogP contribution in [0, 0.1) is 0 Å². The van der Waals surface area contributed by atoms with Crippen LogP contribution in [-0.2, 0) is 12.4 Å². The fraction of sp³-hybridized carbons (Fsp3) is 0.0690. The Labute approximate surface area is 238 Å². The van der Waals surface area contributed by atoms with E-state index in [2.05, 4.69) is 9.97 Å². The first-order chi connectivity index (χ1) is 20.1. The maximum atomic E-state index is 13.3. The average molecular weight is 609 g/mol. The molecule has 0 bridgehead atoms. The van der Waals surface area contributed by atoms with Crippen LogP contribution in [0.1, 0.15) is 11.1 Å². The summed E-state index contributed by atoms with van der Waals surface area (Å²) in [6.45, 7) is 0. The summed E-state index contributed by atoms with van der Waals surface area (Å²) in [6.07, 6.45) is -2.66. The molecule has 0 aliphatic carbocycles. The van der Waals surface area contributed by atoms with Crippen molar-refractivity contribution in [2.45, 2.75) is 12.4 Å². The average Bonchev–Trinajstić information content (AvgIpc) is 2.96. The molecule has 3 aromatic heterocycles. The van der Waals surface area contributed by atoms with E-state index >= 15 is 0 Å². The van der Waals surface area contributed by atoms with Gasteiger partial charge in [0, 0.05) is 60.2 Å². The van der Waals surface area contributed by atoms with Gasteiger partial charge in [0.25, 0.3) is 0 Å². The summed E-state index contributed by atoms with van der Waals surface area (Å²) < 4.78 is 120. The minimum Gasteiger partial charge on any atom is -0.418 e. The smallest absolute Gasteiger partial charge is 0.418 e. The van der Waals surface area contributed by atoms with Crippen molar-refractivity contribution in [3.05, 3.63) is 121 Å². The minimum absolute atomic E-state index is 0.485. The van der Waals surface area contributed by atoms with Crippen LogP contribution < -0.4 is 4.57 Å². The highest BCUT2D eigenvalue weighted by atomic mass is 19.5. The van der Waals surface area contributed by atoms with E-state index in [0.29, 0.717) is 33.8 Å². The van der Waals surface area contributed by atoms with Gasteiger partial charge in [0.05, 0.1) is 11.1 Å². The minimum atomic E-state index is -6.00. The zero-order chi connectivity index (χ0) is 31.4. The number of aromatic nitrogens is 3. The van der Waals surface area contributed by atoms with Crippen LogP contribution in [0.25, 0.3) is 39.3 Å². The highest BCUT2D eigenvalue weighted by molar-refractivity contribution is 6.50. The molecule has 0 saturated carbocycles. The molecule has 0 amide bonds. The van der Waals surface area contributed by atoms with Crippen LogP contribution in [0.2, 0.25) is 0 Å². The fourth-order valence-electron chi connectivity index (χ4n) is 4.16. The molecule has 0 unspecified atom stereocenters. The van der Waals surface area contributed by atoms with Gasteiger partial charge in [-0.25, -0.2) is 0 Å². The molecule has 2 aromatic carbocycles. The van der Waals surface area contributed by atoms with Gasteiger partial charge < -0.3 is 17.3 Å². The predicted octanol–water partition coefficient (Wildman–Crippen LogP) is 9.09. The van der Waals surface area contributed by atoms with Crippen molar-refractivity contribution in [1.82, 2.24) is 9.97 Å². The maximum absolute atomic E-state index is 13.3. The van der Waals surface area contributed by atoms with Gasteiger partial charge in [0.2, 0.25) is 17.1 Å². The van der Waals surface area contributed by atoms with Crippen molar-refractivity contribution in [3.8, 4) is 39.3 Å². The van der Waals surface area contributed by atoms with Gasteiger partial charge in [0.15, 0.2) is 0 Å². The second-order valence-electron chi connectivity index (χ2n) is 8.94. The van der Waals surface area contributed by atoms with Gasteiger partial charge in [-0.05, 0) is 71.8 Å². The number of alkyl halides is 6. The van der Waals surface area contributed by atoms with Crippen LogP contribution in [0.15, 0.2) is 110 Å². The molecule has 0 N–H and O–H groups in total. The quantitative estimate of drug-likeness (QED) is 0.116. The number of halogens is 10. The van der Waals surface area contributed by atoms with E-state index in [0.717, 1.165) is 29.8 Å². The summed E-state index contributed by atoms with van der Waals surface area (Å²) in [6, 6.07) is 20.2. The molecule has 0 atom stereocenters. The highest BCUT2D eigenvalue weighted by Crippen LogP contribution is 2.35. The van der Waals surface area contributed by atoms with Crippen molar-refractivity contribution in [3.63, 3.8) is 0 Å². The van der Waals surface area contributed by atoms with Crippen molar-refractivity contribution < 1.29 is 48.2 Å². The van der Waals surface area contributed by atoms with Gasteiger partial charge in [0.1, 0.15) is 0 Å². The second kappa shape index (κ2) is 12.2. The SMILES string of the molecule is FC(F)(F)c1ccc(-c2cc(-c3ccncc3)cc(-c3ccc(C(F)(F)F)cc3)[n+]2-c2ccncc2)cc1.F[B-](F)(F)F. The number of pyridine rings is 3. The monoisotopic (exact) mass is 609 g/mol. The van der Waals surface area contributed by atoms with E-state index in [4.69, 9.17) is 0 Å². The summed E-state index contributed by atoms with van der Waals surface area (Å²) in [5.74, 6) is 0. The summed E-state index contributed by atoms with van der Waals surface area (Å²) >= 11 is 0. The lowest BCUT2D eigenvalue weighted by molar-refractivity contribution is -0.572. The molecule has 3 nitrogen and oxygen atoms in total. The molecule has 14 heteroatoms. The van der Waals surface area contributed by atoms with Gasteiger partial charge in [-0.2, -0.15) is 30.9 Å². The number of nitrogens with zero attached hydrogens (tertiary/aromatic N) is 3. The third-order valence-corrected chi connectivity index (χ3v) is 6.02. The summed E-state index contributed by atoms with van der Waals surface area (Å²) in [7, 11) is -6.00. The zero-order valence-electron chi connectivity index (χ0n) is 21.6. The van der Waals surface area contributed by atoms with Crippen molar-refractivity contribution in [1.29, 1.82) is 0 Å². The summed E-state index contributed by atoms with van der Waals surface area (Å²) in [5, 5.41) is 0. The first kappa shape index (κ1) is 31.2. The van der Waals surface area contributed by atoms with E-state index in [-0.39, 0.29) is 0 Å². The summed E-state index contributed by atoms with van der Waals surface area (Å²) in [4.78, 5) is 8.09. The standard InChI is InChI=1S/C29H18F6N3.BF4/c30-28(31,32)23-5-1-20(2-6-23)26-17-22(19-9-13-36-14-10-19)18-27(38(26)25-11-15-37-16-12-25)21-3-7-24(8-4-21)29(33,34)35;2-1(3,4)5/h1-18H;/q+1;-1. The third kappa shape index (κ3) is 8.18. The molecule has 0 spiro atoms. The van der Waals surface area contributed by atoms with Crippen molar-refractivity contribution in [2.24, 2.45) is 0 Å². The lowest BCUT2D eigenvalue weighted by Crippen LogP contribution is -2.36. The molecule has 3 heterocycles. The molecule has 0 fully saturated rings. The third-order valence-electron chi connectivity index (χ3n) is 6.02. The molecule has 0 radical (unpaired) electrons. The van der Waals surface area contributed by atoms with Gasteiger partial charge in [-0.15, -0.1) is 0 Å². The van der Waals surface area contributed by atoms with Gasteiger partial charge >= 0.3 is 19.6 Å². The molecule has 0 saturated heterocycles. The van der Waals surface area contributed by atoms with E-state index < -0.39 is 30.7 Å². The Morgan fingerprint density at radius 2 is 0.814 bits per heavy atom. The molecule has 222 valence electrons. The molecule has 0 aliphatic rings. The zero-order valence-corrected chi connectivity index (χ0v) is 21.6. The Kier molecular flexibility index (Phi) is 8.88. The topological polar surface area (TPSA) is 29.7 Å². The molecule has 0 aliphatic heterocycles. The maximum Gasteiger partial charge on any atom is 0.673 e. The van der Waals surface area contributed by atoms with E-state index in [1.807, 2.05) is 12.1 Å². The van der Waals surface area contributed by atoms with Crippen molar-refractivity contribution in [2.75, 3.05) is 0 Å². The Hall–Kier alpha value is -4.75.